The molecule has 0 saturated carbocycles. The highest BCUT2D eigenvalue weighted by atomic mass is 16.2. The zero-order chi connectivity index (χ0) is 10.6. The van der Waals surface area contributed by atoms with E-state index in [-0.39, 0.29) is 11.7 Å². The summed E-state index contributed by atoms with van der Waals surface area (Å²) < 4.78 is 0. The quantitative estimate of drug-likeness (QED) is 0.719. The minimum Gasteiger partial charge on any atom is -0.334 e. The van der Waals surface area contributed by atoms with E-state index in [1.807, 2.05) is 4.90 Å². The number of hydrogen-bond acceptors (Lipinski definition) is 3. The summed E-state index contributed by atoms with van der Waals surface area (Å²) in [6.07, 6.45) is 3.04. The highest BCUT2D eigenvalue weighted by Gasteiger charge is 2.24. The van der Waals surface area contributed by atoms with E-state index in [9.17, 15) is 9.59 Å². The lowest BCUT2D eigenvalue weighted by Crippen LogP contribution is -2.53. The smallest absolute Gasteiger partial charge is 0.218 e. The van der Waals surface area contributed by atoms with Crippen molar-refractivity contribution in [2.45, 2.75) is 39.3 Å². The van der Waals surface area contributed by atoms with Gasteiger partial charge in [0.05, 0.1) is 0 Å². The fraction of sp³-hybridized carbons (Fsp3) is 0.800. The van der Waals surface area contributed by atoms with E-state index in [1.165, 1.54) is 20.3 Å². The van der Waals surface area contributed by atoms with Crippen LogP contribution in [-0.4, -0.2) is 35.8 Å². The number of rotatable bonds is 3. The molecular weight excluding hydrogens is 180 g/mol. The number of ketones is 1. The van der Waals surface area contributed by atoms with Gasteiger partial charge in [0.1, 0.15) is 6.17 Å². The molecule has 1 unspecified atom stereocenters. The van der Waals surface area contributed by atoms with Crippen molar-refractivity contribution < 1.29 is 9.59 Å². The summed E-state index contributed by atoms with van der Waals surface area (Å²) in [7, 11) is 0. The molecule has 4 heteroatoms. The first-order chi connectivity index (χ1) is 6.61. The molecule has 1 saturated heterocycles. The van der Waals surface area contributed by atoms with Gasteiger partial charge < -0.3 is 5.32 Å². The number of Topliss-reactive ketones (excluding diaryl/α,β-unsaturated/α-hetero) is 1. The monoisotopic (exact) mass is 198 g/mol. The Morgan fingerprint density at radius 3 is 2.14 bits per heavy atom. The van der Waals surface area contributed by atoms with Gasteiger partial charge in [-0.25, -0.2) is 0 Å². The van der Waals surface area contributed by atoms with Crippen molar-refractivity contribution in [3.05, 3.63) is 0 Å². The van der Waals surface area contributed by atoms with Gasteiger partial charge in [0.25, 0.3) is 0 Å². The summed E-state index contributed by atoms with van der Waals surface area (Å²) in [6, 6.07) is 0. The number of carbonyl (C=O) groups is 2. The number of nitrogens with one attached hydrogen (secondary N) is 1. The number of likely N-dealkylation sites (tertiary alicyclic amines) is 1. The summed E-state index contributed by atoms with van der Waals surface area (Å²) in [5.74, 6) is -0.127. The molecule has 0 aliphatic carbocycles. The summed E-state index contributed by atoms with van der Waals surface area (Å²) in [5, 5.41) is 2.69. The molecule has 0 aromatic carbocycles. The average molecular weight is 198 g/mol. The van der Waals surface area contributed by atoms with Crippen molar-refractivity contribution in [3.8, 4) is 0 Å². The van der Waals surface area contributed by atoms with E-state index in [4.69, 9.17) is 0 Å². The van der Waals surface area contributed by atoms with Crippen LogP contribution in [0.25, 0.3) is 0 Å². The van der Waals surface area contributed by atoms with Crippen molar-refractivity contribution in [1.82, 2.24) is 10.2 Å². The topological polar surface area (TPSA) is 49.4 Å². The van der Waals surface area contributed by atoms with Crippen LogP contribution in [0.5, 0.6) is 0 Å². The number of nitrogens with zero attached hydrogens (tertiary/aromatic N) is 1. The maximum absolute atomic E-state index is 11.3. The number of hydrogen-bond donors (Lipinski definition) is 1. The zero-order valence-corrected chi connectivity index (χ0v) is 8.88. The van der Waals surface area contributed by atoms with Crippen molar-refractivity contribution in [3.63, 3.8) is 0 Å². The highest BCUT2D eigenvalue weighted by Crippen LogP contribution is 2.11. The van der Waals surface area contributed by atoms with Gasteiger partial charge in [-0.1, -0.05) is 6.42 Å². The van der Waals surface area contributed by atoms with Crippen LogP contribution in [0.1, 0.15) is 33.1 Å². The lowest BCUT2D eigenvalue weighted by Gasteiger charge is -2.33. The first-order valence-electron chi connectivity index (χ1n) is 5.13. The number of amides is 1. The van der Waals surface area contributed by atoms with Crippen LogP contribution in [0, 0.1) is 0 Å². The molecule has 1 heterocycles. The molecule has 0 radical (unpaired) electrons. The Morgan fingerprint density at radius 1 is 1.14 bits per heavy atom. The molecule has 1 rings (SSSR count). The Hall–Kier alpha value is -0.900. The normalized spacial score (nSPS) is 20.1. The molecule has 1 fully saturated rings. The summed E-state index contributed by atoms with van der Waals surface area (Å²) >= 11 is 0. The molecule has 14 heavy (non-hydrogen) atoms. The van der Waals surface area contributed by atoms with E-state index in [1.54, 1.807) is 0 Å². The second-order valence-electron chi connectivity index (χ2n) is 3.81. The van der Waals surface area contributed by atoms with Gasteiger partial charge in [-0.05, 0) is 19.8 Å². The molecule has 1 atom stereocenters. The summed E-state index contributed by atoms with van der Waals surface area (Å²) in [4.78, 5) is 24.3. The molecule has 1 amide bonds. The Labute approximate surface area is 84.7 Å². The van der Waals surface area contributed by atoms with E-state index >= 15 is 0 Å². The molecule has 0 bridgehead atoms. The lowest BCUT2D eigenvalue weighted by molar-refractivity contribution is -0.130. The Bertz CT molecular complexity index is 222. The van der Waals surface area contributed by atoms with Crippen LogP contribution < -0.4 is 5.32 Å². The van der Waals surface area contributed by atoms with Gasteiger partial charge in [-0.2, -0.15) is 0 Å². The van der Waals surface area contributed by atoms with E-state index in [2.05, 4.69) is 5.32 Å². The standard InChI is InChI=1S/C10H18N2O2/c1-8(13)10(11-9(2)14)12-6-4-3-5-7-12/h10H,3-7H2,1-2H3,(H,11,14). The second-order valence-corrected chi connectivity index (χ2v) is 3.81. The van der Waals surface area contributed by atoms with E-state index in [0.29, 0.717) is 0 Å². The van der Waals surface area contributed by atoms with Crippen LogP contribution >= 0.6 is 0 Å². The van der Waals surface area contributed by atoms with Gasteiger partial charge in [-0.15, -0.1) is 0 Å². The molecule has 1 aliphatic rings. The van der Waals surface area contributed by atoms with Gasteiger partial charge in [0.15, 0.2) is 5.78 Å². The minimum atomic E-state index is -0.409. The van der Waals surface area contributed by atoms with Crippen LogP contribution in [0.4, 0.5) is 0 Å². The Balaban J connectivity index is 2.56. The first kappa shape index (κ1) is 11.2. The summed E-state index contributed by atoms with van der Waals surface area (Å²) in [5.41, 5.74) is 0. The maximum atomic E-state index is 11.3. The van der Waals surface area contributed by atoms with Crippen molar-refractivity contribution >= 4 is 11.7 Å². The first-order valence-corrected chi connectivity index (χ1v) is 5.13. The fourth-order valence-corrected chi connectivity index (χ4v) is 1.82. The van der Waals surface area contributed by atoms with Crippen molar-refractivity contribution in [2.75, 3.05) is 13.1 Å². The number of carbonyl (C=O) groups excluding carboxylic acids is 2. The molecule has 4 nitrogen and oxygen atoms in total. The molecular formula is C10H18N2O2. The third kappa shape index (κ3) is 3.10. The van der Waals surface area contributed by atoms with Crippen molar-refractivity contribution in [2.24, 2.45) is 0 Å². The minimum absolute atomic E-state index is 0.0158. The molecule has 0 aromatic rings. The molecule has 1 N–H and O–H groups in total. The van der Waals surface area contributed by atoms with Crippen LogP contribution in [-0.2, 0) is 9.59 Å². The maximum Gasteiger partial charge on any atom is 0.218 e. The van der Waals surface area contributed by atoms with Crippen LogP contribution in [0.3, 0.4) is 0 Å². The van der Waals surface area contributed by atoms with Gasteiger partial charge in [0, 0.05) is 20.0 Å². The molecule has 0 aromatic heterocycles. The number of piperidine rings is 1. The third-order valence-corrected chi connectivity index (χ3v) is 2.48. The molecule has 0 spiro atoms. The molecule has 80 valence electrons. The third-order valence-electron chi connectivity index (χ3n) is 2.48. The van der Waals surface area contributed by atoms with Gasteiger partial charge in [0.2, 0.25) is 5.91 Å². The highest BCUT2D eigenvalue weighted by molar-refractivity contribution is 5.86. The van der Waals surface area contributed by atoms with Gasteiger partial charge >= 0.3 is 0 Å². The summed E-state index contributed by atoms with van der Waals surface area (Å²) in [6.45, 7) is 4.78. The lowest BCUT2D eigenvalue weighted by atomic mass is 10.1. The Morgan fingerprint density at radius 2 is 1.71 bits per heavy atom. The predicted octanol–water partition coefficient (Wildman–Crippen LogP) is 0.523. The van der Waals surface area contributed by atoms with Crippen LogP contribution in [0.15, 0.2) is 0 Å². The SMILES string of the molecule is CC(=O)NC(C(C)=O)N1CCCCC1. The molecule has 1 aliphatic heterocycles. The average Bonchev–Trinajstić information content (AvgIpc) is 2.15. The van der Waals surface area contributed by atoms with Gasteiger partial charge in [-0.3, -0.25) is 14.5 Å². The zero-order valence-electron chi connectivity index (χ0n) is 8.88. The predicted molar refractivity (Wildman–Crippen MR) is 53.7 cm³/mol. The largest absolute Gasteiger partial charge is 0.334 e. The van der Waals surface area contributed by atoms with Crippen molar-refractivity contribution in [1.29, 1.82) is 0 Å². The van der Waals surface area contributed by atoms with E-state index in [0.717, 1.165) is 25.9 Å². The Kier molecular flexibility index (Phi) is 4.07. The van der Waals surface area contributed by atoms with E-state index < -0.39 is 6.17 Å². The van der Waals surface area contributed by atoms with Crippen LogP contribution in [0.2, 0.25) is 0 Å². The second kappa shape index (κ2) is 5.10. The fourth-order valence-electron chi connectivity index (χ4n) is 1.82.